The Morgan fingerprint density at radius 1 is 0.688 bits per heavy atom. The second-order valence-corrected chi connectivity index (χ2v) is 12.0. The second kappa shape index (κ2) is 12.8. The third-order valence-electron chi connectivity index (χ3n) is 6.60. The molecule has 1 aliphatic rings. The molecule has 0 bridgehead atoms. The third-order valence-corrected chi connectivity index (χ3v) is 7.94. The minimum atomic E-state index is -3.74. The average molecular weight is 463 g/mol. The average Bonchev–Trinajstić information content (AvgIpc) is 2.72. The summed E-state index contributed by atoms with van der Waals surface area (Å²) in [5.41, 5.74) is 3.99. The summed E-state index contributed by atoms with van der Waals surface area (Å²) in [7, 11) is -3.74. The van der Waals surface area contributed by atoms with Gasteiger partial charge in [0, 0.05) is 5.71 Å². The van der Waals surface area contributed by atoms with Crippen LogP contribution >= 0.6 is 0 Å². The van der Waals surface area contributed by atoms with Crippen LogP contribution < -0.4 is 4.83 Å². The largest absolute Gasteiger partial charge is 0.277 e. The number of rotatable bonds is 6. The van der Waals surface area contributed by atoms with Crippen LogP contribution in [0.2, 0.25) is 0 Å². The molecule has 0 saturated heterocycles. The first kappa shape index (κ1) is 26.9. The summed E-state index contributed by atoms with van der Waals surface area (Å²) in [5, 5.41) is 4.50. The molecule has 5 heteroatoms. The summed E-state index contributed by atoms with van der Waals surface area (Å²) in [6.45, 7) is 12.6. The molecule has 1 saturated carbocycles. The maximum atomic E-state index is 13.6. The molecular formula is C27H46N2O2S. The van der Waals surface area contributed by atoms with Gasteiger partial charge in [-0.15, -0.1) is 0 Å². The molecular weight excluding hydrogens is 416 g/mol. The molecule has 0 amide bonds. The summed E-state index contributed by atoms with van der Waals surface area (Å²) in [4.78, 5) is 3.09. The topological polar surface area (TPSA) is 58.5 Å². The first-order chi connectivity index (χ1) is 15.1. The van der Waals surface area contributed by atoms with Gasteiger partial charge in [-0.1, -0.05) is 98.6 Å². The minimum Gasteiger partial charge on any atom is -0.200 e. The van der Waals surface area contributed by atoms with Crippen molar-refractivity contribution >= 4 is 15.7 Å². The van der Waals surface area contributed by atoms with E-state index in [9.17, 15) is 8.42 Å². The van der Waals surface area contributed by atoms with E-state index in [0.717, 1.165) is 42.5 Å². The molecule has 1 aromatic carbocycles. The predicted molar refractivity (Wildman–Crippen MR) is 137 cm³/mol. The van der Waals surface area contributed by atoms with E-state index in [1.807, 2.05) is 0 Å². The maximum Gasteiger partial charge on any atom is 0.277 e. The Morgan fingerprint density at radius 2 is 1.09 bits per heavy atom. The van der Waals surface area contributed by atoms with E-state index < -0.39 is 10.0 Å². The van der Waals surface area contributed by atoms with E-state index >= 15 is 0 Å². The highest BCUT2D eigenvalue weighted by Gasteiger charge is 2.27. The van der Waals surface area contributed by atoms with Crippen molar-refractivity contribution in [3.8, 4) is 0 Å². The van der Waals surface area contributed by atoms with E-state index in [-0.39, 0.29) is 11.8 Å². The van der Waals surface area contributed by atoms with E-state index in [4.69, 9.17) is 0 Å². The molecule has 0 heterocycles. The van der Waals surface area contributed by atoms with Gasteiger partial charge in [0.2, 0.25) is 0 Å². The lowest BCUT2D eigenvalue weighted by Crippen LogP contribution is -2.24. The first-order valence-electron chi connectivity index (χ1n) is 12.9. The Morgan fingerprint density at radius 3 is 1.47 bits per heavy atom. The number of nitrogens with zero attached hydrogens (tertiary/aromatic N) is 1. The molecule has 0 aromatic heterocycles. The SMILES string of the molecule is CC(C)c1cc(C(C)C)c(S(=O)(=O)NN=C2CCCCCCCCCCC2)c(C(C)C)c1. The summed E-state index contributed by atoms with van der Waals surface area (Å²) < 4.78 is 27.1. The quantitative estimate of drug-likeness (QED) is 0.435. The molecule has 182 valence electrons. The van der Waals surface area contributed by atoms with Gasteiger partial charge in [0.1, 0.15) is 0 Å². The highest BCUT2D eigenvalue weighted by molar-refractivity contribution is 7.89. The fraction of sp³-hybridized carbons (Fsp3) is 0.741. The fourth-order valence-corrected chi connectivity index (χ4v) is 6.05. The Hall–Kier alpha value is -1.36. The van der Waals surface area contributed by atoms with Crippen molar-refractivity contribution < 1.29 is 8.42 Å². The summed E-state index contributed by atoms with van der Waals surface area (Å²) in [5.74, 6) is 0.588. The number of hydrogen-bond donors (Lipinski definition) is 1. The van der Waals surface area contributed by atoms with Crippen molar-refractivity contribution in [1.82, 2.24) is 4.83 Å². The summed E-state index contributed by atoms with van der Waals surface area (Å²) in [6.07, 6.45) is 12.9. The molecule has 1 N–H and O–H groups in total. The molecule has 1 aliphatic carbocycles. The maximum absolute atomic E-state index is 13.6. The number of hydrazone groups is 1. The van der Waals surface area contributed by atoms with Crippen molar-refractivity contribution in [2.75, 3.05) is 0 Å². The van der Waals surface area contributed by atoms with Gasteiger partial charge in [0.05, 0.1) is 4.90 Å². The van der Waals surface area contributed by atoms with Crippen molar-refractivity contribution in [2.45, 2.75) is 135 Å². The Kier molecular flexibility index (Phi) is 10.7. The zero-order chi connectivity index (χ0) is 23.7. The Bertz CT molecular complexity index is 811. The lowest BCUT2D eigenvalue weighted by Gasteiger charge is -2.22. The number of sulfonamides is 1. The highest BCUT2D eigenvalue weighted by atomic mass is 32.2. The lowest BCUT2D eigenvalue weighted by molar-refractivity contribution is 0.554. The molecule has 0 atom stereocenters. The van der Waals surface area contributed by atoms with Crippen molar-refractivity contribution in [2.24, 2.45) is 5.10 Å². The minimum absolute atomic E-state index is 0.117. The van der Waals surface area contributed by atoms with Crippen LogP contribution in [0, 0.1) is 0 Å². The molecule has 2 rings (SSSR count). The number of nitrogens with one attached hydrogen (secondary N) is 1. The molecule has 0 aliphatic heterocycles. The smallest absolute Gasteiger partial charge is 0.200 e. The predicted octanol–water partition coefficient (Wildman–Crippen LogP) is 8.00. The van der Waals surface area contributed by atoms with Gasteiger partial charge in [0.25, 0.3) is 10.0 Å². The van der Waals surface area contributed by atoms with Crippen LogP contribution in [0.1, 0.15) is 147 Å². The van der Waals surface area contributed by atoms with E-state index in [0.29, 0.717) is 10.8 Å². The zero-order valence-corrected chi connectivity index (χ0v) is 22.2. The number of hydrogen-bond acceptors (Lipinski definition) is 3. The fourth-order valence-electron chi connectivity index (χ4n) is 4.50. The first-order valence-corrected chi connectivity index (χ1v) is 14.4. The zero-order valence-electron chi connectivity index (χ0n) is 21.3. The molecule has 0 radical (unpaired) electrons. The third kappa shape index (κ3) is 7.90. The van der Waals surface area contributed by atoms with E-state index in [1.165, 1.54) is 50.5 Å². The highest BCUT2D eigenvalue weighted by Crippen LogP contribution is 2.35. The Labute approximate surface area is 197 Å². The normalized spacial score (nSPS) is 17.3. The van der Waals surface area contributed by atoms with Crippen LogP contribution in [0.15, 0.2) is 22.1 Å². The van der Waals surface area contributed by atoms with E-state index in [1.54, 1.807) is 0 Å². The lowest BCUT2D eigenvalue weighted by atomic mass is 9.89. The van der Waals surface area contributed by atoms with Gasteiger partial charge in [-0.3, -0.25) is 0 Å². The number of benzene rings is 1. The van der Waals surface area contributed by atoms with Gasteiger partial charge >= 0.3 is 0 Å². The van der Waals surface area contributed by atoms with Crippen LogP contribution in [0.4, 0.5) is 0 Å². The van der Waals surface area contributed by atoms with Gasteiger partial charge < -0.3 is 0 Å². The molecule has 4 nitrogen and oxygen atoms in total. The van der Waals surface area contributed by atoms with Crippen LogP contribution in [-0.4, -0.2) is 14.1 Å². The van der Waals surface area contributed by atoms with Crippen molar-refractivity contribution in [3.63, 3.8) is 0 Å². The van der Waals surface area contributed by atoms with E-state index in [2.05, 4.69) is 63.6 Å². The monoisotopic (exact) mass is 462 g/mol. The van der Waals surface area contributed by atoms with Gasteiger partial charge in [0.15, 0.2) is 0 Å². The van der Waals surface area contributed by atoms with Crippen molar-refractivity contribution in [1.29, 1.82) is 0 Å². The van der Waals surface area contributed by atoms with Gasteiger partial charge in [-0.2, -0.15) is 13.5 Å². The summed E-state index contributed by atoms with van der Waals surface area (Å²) >= 11 is 0. The van der Waals surface area contributed by atoms with Crippen LogP contribution in [0.25, 0.3) is 0 Å². The van der Waals surface area contributed by atoms with Gasteiger partial charge in [-0.05, 0) is 60.1 Å². The molecule has 0 unspecified atom stereocenters. The van der Waals surface area contributed by atoms with Crippen LogP contribution in [0.5, 0.6) is 0 Å². The van der Waals surface area contributed by atoms with Crippen LogP contribution in [-0.2, 0) is 10.0 Å². The standard InChI is InChI=1S/C27H46N2O2S/c1-20(2)23-18-25(21(3)4)27(26(19-23)22(5)6)32(30,31)29-28-24-16-14-12-10-8-7-9-11-13-15-17-24/h18-22,29H,7-17H2,1-6H3. The molecule has 1 aromatic rings. The van der Waals surface area contributed by atoms with Gasteiger partial charge in [-0.25, -0.2) is 4.83 Å². The molecule has 0 spiro atoms. The summed E-state index contributed by atoms with van der Waals surface area (Å²) in [6, 6.07) is 4.16. The Balaban J connectivity index is 2.36. The van der Waals surface area contributed by atoms with Crippen molar-refractivity contribution in [3.05, 3.63) is 28.8 Å². The molecule has 1 fully saturated rings. The second-order valence-electron chi connectivity index (χ2n) is 10.4. The molecule has 32 heavy (non-hydrogen) atoms. The van der Waals surface area contributed by atoms with Crippen LogP contribution in [0.3, 0.4) is 0 Å².